The van der Waals surface area contributed by atoms with Crippen molar-refractivity contribution < 1.29 is 9.47 Å². The smallest absolute Gasteiger partial charge is 0.124 e. The molecule has 0 aliphatic carbocycles. The van der Waals surface area contributed by atoms with E-state index in [0.717, 1.165) is 21.3 Å². The molecule has 3 N–H and O–H groups in total. The fourth-order valence-electron chi connectivity index (χ4n) is 1.92. The highest BCUT2D eigenvalue weighted by atomic mass is 79.9. The van der Waals surface area contributed by atoms with Crippen LogP contribution in [0.1, 0.15) is 16.7 Å². The minimum absolute atomic E-state index is 0.0341. The zero-order valence-corrected chi connectivity index (χ0v) is 13.3. The molecular formula is C16H17BrN2O2. The number of methoxy groups -OCH3 is 1. The van der Waals surface area contributed by atoms with Crippen LogP contribution in [0.4, 0.5) is 0 Å². The van der Waals surface area contributed by atoms with Gasteiger partial charge in [-0.1, -0.05) is 28.1 Å². The van der Waals surface area contributed by atoms with Gasteiger partial charge in [-0.15, -0.1) is 0 Å². The molecule has 0 radical (unpaired) electrons. The predicted octanol–water partition coefficient (Wildman–Crippen LogP) is 3.46. The van der Waals surface area contributed by atoms with Crippen LogP contribution in [0.2, 0.25) is 0 Å². The number of nitrogens with two attached hydrogens (primary N) is 1. The summed E-state index contributed by atoms with van der Waals surface area (Å²) in [6.45, 7) is 0.918. The first-order valence-electron chi connectivity index (χ1n) is 6.43. The minimum Gasteiger partial charge on any atom is -0.496 e. The molecule has 0 aromatic heterocycles. The van der Waals surface area contributed by atoms with Gasteiger partial charge >= 0.3 is 0 Å². The van der Waals surface area contributed by atoms with Crippen LogP contribution < -0.4 is 10.5 Å². The van der Waals surface area contributed by atoms with Crippen molar-refractivity contribution in [2.75, 3.05) is 7.11 Å². The summed E-state index contributed by atoms with van der Waals surface area (Å²) in [5.41, 5.74) is 8.14. The van der Waals surface area contributed by atoms with E-state index in [1.54, 1.807) is 19.2 Å². The summed E-state index contributed by atoms with van der Waals surface area (Å²) in [4.78, 5) is 0. The number of rotatable bonds is 6. The SMILES string of the molecule is COc1ccc(C(=N)N)cc1COCc1ccc(Br)cc1. The summed E-state index contributed by atoms with van der Waals surface area (Å²) in [6.07, 6.45) is 0. The number of hydrogen-bond acceptors (Lipinski definition) is 3. The molecule has 0 fully saturated rings. The average molecular weight is 349 g/mol. The van der Waals surface area contributed by atoms with Crippen molar-refractivity contribution in [1.29, 1.82) is 5.41 Å². The molecule has 0 aliphatic heterocycles. The lowest BCUT2D eigenvalue weighted by Crippen LogP contribution is -2.11. The molecular weight excluding hydrogens is 332 g/mol. The number of nitrogen functional groups attached to an aromatic ring is 1. The molecule has 0 atom stereocenters. The van der Waals surface area contributed by atoms with Crippen LogP contribution in [0.3, 0.4) is 0 Å². The van der Waals surface area contributed by atoms with E-state index in [0.29, 0.717) is 18.8 Å². The van der Waals surface area contributed by atoms with Gasteiger partial charge in [0.25, 0.3) is 0 Å². The van der Waals surface area contributed by atoms with Gasteiger partial charge in [-0.3, -0.25) is 5.41 Å². The zero-order chi connectivity index (χ0) is 15.2. The highest BCUT2D eigenvalue weighted by Crippen LogP contribution is 2.21. The topological polar surface area (TPSA) is 68.3 Å². The molecule has 0 amide bonds. The van der Waals surface area contributed by atoms with Gasteiger partial charge in [0, 0.05) is 15.6 Å². The zero-order valence-electron chi connectivity index (χ0n) is 11.7. The number of ether oxygens (including phenoxy) is 2. The van der Waals surface area contributed by atoms with Crippen LogP contribution in [0.25, 0.3) is 0 Å². The molecule has 0 bridgehead atoms. The fraction of sp³-hybridized carbons (Fsp3) is 0.188. The van der Waals surface area contributed by atoms with Crippen LogP contribution in [-0.4, -0.2) is 12.9 Å². The first-order valence-corrected chi connectivity index (χ1v) is 7.23. The number of amidine groups is 1. The van der Waals surface area contributed by atoms with E-state index in [9.17, 15) is 0 Å². The van der Waals surface area contributed by atoms with Crippen molar-refractivity contribution in [2.45, 2.75) is 13.2 Å². The standard InChI is InChI=1S/C16H17BrN2O2/c1-20-15-7-4-12(16(18)19)8-13(15)10-21-9-11-2-5-14(17)6-3-11/h2-8H,9-10H2,1H3,(H3,18,19). The molecule has 0 aliphatic rings. The first kappa shape index (κ1) is 15.5. The summed E-state index contributed by atoms with van der Waals surface area (Å²) in [6, 6.07) is 13.4. The first-order chi connectivity index (χ1) is 10.1. The second-order valence-electron chi connectivity index (χ2n) is 4.56. The van der Waals surface area contributed by atoms with E-state index in [2.05, 4.69) is 15.9 Å². The Morgan fingerprint density at radius 3 is 2.48 bits per heavy atom. The van der Waals surface area contributed by atoms with Crippen LogP contribution in [0.5, 0.6) is 5.75 Å². The second-order valence-corrected chi connectivity index (χ2v) is 5.48. The van der Waals surface area contributed by atoms with Gasteiger partial charge in [0.15, 0.2) is 0 Å². The van der Waals surface area contributed by atoms with E-state index in [-0.39, 0.29) is 5.84 Å². The Bertz CT molecular complexity index is 627. The highest BCUT2D eigenvalue weighted by Gasteiger charge is 2.06. The Balaban J connectivity index is 2.03. The molecule has 4 nitrogen and oxygen atoms in total. The molecule has 0 saturated heterocycles. The third-order valence-corrected chi connectivity index (χ3v) is 3.56. The van der Waals surface area contributed by atoms with Crippen LogP contribution in [0.15, 0.2) is 46.9 Å². The number of hydrogen-bond donors (Lipinski definition) is 2. The lowest BCUT2D eigenvalue weighted by Gasteiger charge is -2.11. The van der Waals surface area contributed by atoms with Crippen LogP contribution in [0, 0.1) is 5.41 Å². The third kappa shape index (κ3) is 4.31. The van der Waals surface area contributed by atoms with Gasteiger partial charge in [-0.05, 0) is 35.9 Å². The van der Waals surface area contributed by atoms with Gasteiger partial charge in [0.05, 0.1) is 20.3 Å². The van der Waals surface area contributed by atoms with E-state index in [1.807, 2.05) is 30.3 Å². The molecule has 2 aromatic rings. The van der Waals surface area contributed by atoms with E-state index >= 15 is 0 Å². The van der Waals surface area contributed by atoms with Crippen molar-refractivity contribution >= 4 is 21.8 Å². The van der Waals surface area contributed by atoms with E-state index < -0.39 is 0 Å². The van der Waals surface area contributed by atoms with Crippen LogP contribution >= 0.6 is 15.9 Å². The molecule has 110 valence electrons. The molecule has 0 heterocycles. The van der Waals surface area contributed by atoms with E-state index in [1.165, 1.54) is 0 Å². The Kier molecular flexibility index (Phi) is 5.36. The Hall–Kier alpha value is -1.85. The normalized spacial score (nSPS) is 10.4. The second kappa shape index (κ2) is 7.24. The van der Waals surface area contributed by atoms with Crippen LogP contribution in [-0.2, 0) is 18.0 Å². The maximum Gasteiger partial charge on any atom is 0.124 e. The third-order valence-electron chi connectivity index (χ3n) is 3.03. The van der Waals surface area contributed by atoms with Gasteiger partial charge in [0.2, 0.25) is 0 Å². The van der Waals surface area contributed by atoms with Crippen molar-refractivity contribution in [3.8, 4) is 5.75 Å². The number of nitrogens with one attached hydrogen (secondary N) is 1. The largest absolute Gasteiger partial charge is 0.496 e. The molecule has 2 rings (SSSR count). The lowest BCUT2D eigenvalue weighted by molar-refractivity contribution is 0.105. The fourth-order valence-corrected chi connectivity index (χ4v) is 2.18. The van der Waals surface area contributed by atoms with Crippen molar-refractivity contribution in [3.63, 3.8) is 0 Å². The van der Waals surface area contributed by atoms with Gasteiger partial charge in [-0.25, -0.2) is 0 Å². The summed E-state index contributed by atoms with van der Waals surface area (Å²) < 4.78 is 12.1. The average Bonchev–Trinajstić information content (AvgIpc) is 2.49. The lowest BCUT2D eigenvalue weighted by atomic mass is 10.1. The maximum absolute atomic E-state index is 7.48. The van der Waals surface area contributed by atoms with Gasteiger partial charge < -0.3 is 15.2 Å². The van der Waals surface area contributed by atoms with Crippen molar-refractivity contribution in [2.24, 2.45) is 5.73 Å². The predicted molar refractivity (Wildman–Crippen MR) is 86.6 cm³/mol. The molecule has 0 saturated carbocycles. The summed E-state index contributed by atoms with van der Waals surface area (Å²) in [7, 11) is 1.61. The quantitative estimate of drug-likeness (QED) is 0.620. The summed E-state index contributed by atoms with van der Waals surface area (Å²) in [5.74, 6) is 0.766. The molecule has 0 spiro atoms. The molecule has 21 heavy (non-hydrogen) atoms. The highest BCUT2D eigenvalue weighted by molar-refractivity contribution is 9.10. The van der Waals surface area contributed by atoms with Crippen molar-refractivity contribution in [1.82, 2.24) is 0 Å². The van der Waals surface area contributed by atoms with Gasteiger partial charge in [-0.2, -0.15) is 0 Å². The molecule has 2 aromatic carbocycles. The summed E-state index contributed by atoms with van der Waals surface area (Å²) >= 11 is 3.40. The number of halogens is 1. The molecule has 0 unspecified atom stereocenters. The minimum atomic E-state index is 0.0341. The Morgan fingerprint density at radius 2 is 1.86 bits per heavy atom. The molecule has 5 heteroatoms. The number of benzene rings is 2. The van der Waals surface area contributed by atoms with E-state index in [4.69, 9.17) is 20.6 Å². The van der Waals surface area contributed by atoms with Gasteiger partial charge in [0.1, 0.15) is 11.6 Å². The van der Waals surface area contributed by atoms with Crippen molar-refractivity contribution in [3.05, 3.63) is 63.6 Å². The Labute approximate surface area is 132 Å². The Morgan fingerprint density at radius 1 is 1.14 bits per heavy atom. The monoisotopic (exact) mass is 348 g/mol. The maximum atomic E-state index is 7.48. The summed E-state index contributed by atoms with van der Waals surface area (Å²) in [5, 5.41) is 7.48.